The van der Waals surface area contributed by atoms with Crippen molar-refractivity contribution in [1.82, 2.24) is 10.2 Å². The van der Waals surface area contributed by atoms with Crippen molar-refractivity contribution in [2.75, 3.05) is 39.3 Å². The highest BCUT2D eigenvalue weighted by Crippen LogP contribution is 2.04. The molecule has 4 heteroatoms. The predicted octanol–water partition coefficient (Wildman–Crippen LogP) is 1.31. The van der Waals surface area contributed by atoms with Crippen LogP contribution in [0.15, 0.2) is 0 Å². The molecule has 1 rings (SSSR count). The molecule has 1 aliphatic rings. The number of alkyl halides is 1. The second kappa shape index (κ2) is 7.44. The van der Waals surface area contributed by atoms with Gasteiger partial charge in [0, 0.05) is 25.0 Å². The molecule has 1 saturated heterocycles. The van der Waals surface area contributed by atoms with Crippen molar-refractivity contribution in [2.24, 2.45) is 0 Å². The van der Waals surface area contributed by atoms with Crippen LogP contribution in [0.3, 0.4) is 0 Å². The van der Waals surface area contributed by atoms with Gasteiger partial charge in [0.1, 0.15) is 0 Å². The van der Waals surface area contributed by atoms with Crippen LogP contribution < -0.4 is 5.32 Å². The van der Waals surface area contributed by atoms with Crippen LogP contribution in [-0.4, -0.2) is 55.7 Å². The molecule has 0 aliphatic carbocycles. The highest BCUT2D eigenvalue weighted by molar-refractivity contribution is 6.20. The molecule has 1 aliphatic heterocycles. The molecular formula is C11H23ClN2O. The molecule has 0 bridgehead atoms. The van der Waals surface area contributed by atoms with Crippen molar-refractivity contribution in [3.63, 3.8) is 0 Å². The van der Waals surface area contributed by atoms with Crippen LogP contribution in [0.25, 0.3) is 0 Å². The molecule has 2 atom stereocenters. The average molecular weight is 235 g/mol. The van der Waals surface area contributed by atoms with E-state index >= 15 is 0 Å². The summed E-state index contributed by atoms with van der Waals surface area (Å²) in [7, 11) is 0. The first kappa shape index (κ1) is 13.2. The van der Waals surface area contributed by atoms with E-state index in [0.717, 1.165) is 45.8 Å². The van der Waals surface area contributed by atoms with Gasteiger partial charge in [-0.3, -0.25) is 4.90 Å². The predicted molar refractivity (Wildman–Crippen MR) is 64.7 cm³/mol. The van der Waals surface area contributed by atoms with Crippen molar-refractivity contribution in [3.05, 3.63) is 0 Å². The zero-order chi connectivity index (χ0) is 11.1. The Hall–Kier alpha value is 0.170. The molecule has 1 fully saturated rings. The van der Waals surface area contributed by atoms with E-state index in [4.69, 9.17) is 16.3 Å². The minimum absolute atomic E-state index is 0.261. The lowest BCUT2D eigenvalue weighted by atomic mass is 10.2. The summed E-state index contributed by atoms with van der Waals surface area (Å²) < 4.78 is 5.68. The van der Waals surface area contributed by atoms with Gasteiger partial charge in [-0.1, -0.05) is 6.92 Å². The van der Waals surface area contributed by atoms with Crippen molar-refractivity contribution < 1.29 is 4.74 Å². The number of hydrogen-bond acceptors (Lipinski definition) is 3. The first-order valence-electron chi connectivity index (χ1n) is 5.91. The highest BCUT2D eigenvalue weighted by atomic mass is 35.5. The summed E-state index contributed by atoms with van der Waals surface area (Å²) in [5, 5.41) is 3.66. The molecule has 1 N–H and O–H groups in total. The summed E-state index contributed by atoms with van der Waals surface area (Å²) >= 11 is 5.87. The van der Waals surface area contributed by atoms with Gasteiger partial charge >= 0.3 is 0 Å². The van der Waals surface area contributed by atoms with E-state index in [-0.39, 0.29) is 5.38 Å². The summed E-state index contributed by atoms with van der Waals surface area (Å²) in [5.74, 6) is 0. The Labute approximate surface area is 98.1 Å². The number of nitrogens with one attached hydrogen (secondary N) is 1. The Bertz CT molecular complexity index is 167. The first-order valence-corrected chi connectivity index (χ1v) is 6.34. The van der Waals surface area contributed by atoms with Crippen molar-refractivity contribution >= 4 is 11.6 Å². The lowest BCUT2D eigenvalue weighted by molar-refractivity contribution is -0.0251. The molecular weight excluding hydrogens is 212 g/mol. The minimum Gasteiger partial charge on any atom is -0.374 e. The quantitative estimate of drug-likeness (QED) is 0.554. The molecule has 0 aromatic heterocycles. The molecule has 3 nitrogen and oxygen atoms in total. The Morgan fingerprint density at radius 1 is 1.60 bits per heavy atom. The van der Waals surface area contributed by atoms with E-state index in [1.165, 1.54) is 0 Å². The standard InChI is InChI=1S/C11H23ClN2O/c1-3-14-6-7-15-11(9-14)8-13-5-4-10(2)12/h10-11,13H,3-9H2,1-2H3. The molecule has 0 spiro atoms. The van der Waals surface area contributed by atoms with Crippen LogP contribution in [0.4, 0.5) is 0 Å². The molecule has 1 heterocycles. The van der Waals surface area contributed by atoms with Crippen LogP contribution in [0.2, 0.25) is 0 Å². The van der Waals surface area contributed by atoms with Gasteiger partial charge in [-0.25, -0.2) is 0 Å². The van der Waals surface area contributed by atoms with Crippen molar-refractivity contribution in [2.45, 2.75) is 31.7 Å². The van der Waals surface area contributed by atoms with Crippen LogP contribution in [0.5, 0.6) is 0 Å². The molecule has 0 aromatic carbocycles. The van der Waals surface area contributed by atoms with Gasteiger partial charge < -0.3 is 10.1 Å². The van der Waals surface area contributed by atoms with Gasteiger partial charge in [-0.05, 0) is 26.4 Å². The lowest BCUT2D eigenvalue weighted by Gasteiger charge is -2.32. The Morgan fingerprint density at radius 2 is 2.40 bits per heavy atom. The fourth-order valence-electron chi connectivity index (χ4n) is 1.76. The van der Waals surface area contributed by atoms with Crippen molar-refractivity contribution in [3.8, 4) is 0 Å². The molecule has 0 radical (unpaired) electrons. The zero-order valence-corrected chi connectivity index (χ0v) is 10.6. The number of hydrogen-bond donors (Lipinski definition) is 1. The topological polar surface area (TPSA) is 24.5 Å². The maximum absolute atomic E-state index is 5.87. The number of morpholine rings is 1. The Balaban J connectivity index is 2.05. The second-order valence-corrected chi connectivity index (χ2v) is 4.90. The number of halogens is 1. The SMILES string of the molecule is CCN1CCOC(CNCCC(C)Cl)C1. The van der Waals surface area contributed by atoms with Gasteiger partial charge in [0.25, 0.3) is 0 Å². The fourth-order valence-corrected chi connectivity index (χ4v) is 1.86. The van der Waals surface area contributed by atoms with E-state index in [0.29, 0.717) is 6.10 Å². The van der Waals surface area contributed by atoms with E-state index in [2.05, 4.69) is 17.1 Å². The largest absolute Gasteiger partial charge is 0.374 e. The van der Waals surface area contributed by atoms with Crippen molar-refractivity contribution in [1.29, 1.82) is 0 Å². The molecule has 0 amide bonds. The molecule has 15 heavy (non-hydrogen) atoms. The van der Waals surface area contributed by atoms with Gasteiger partial charge in [-0.15, -0.1) is 11.6 Å². The third-order valence-corrected chi connectivity index (χ3v) is 2.98. The number of likely N-dealkylation sites (N-methyl/N-ethyl adjacent to an activating group) is 1. The molecule has 2 unspecified atom stereocenters. The number of ether oxygens (including phenoxy) is 1. The number of rotatable bonds is 6. The maximum atomic E-state index is 5.87. The summed E-state index contributed by atoms with van der Waals surface area (Å²) in [6, 6.07) is 0. The van der Waals surface area contributed by atoms with Gasteiger partial charge in [0.15, 0.2) is 0 Å². The monoisotopic (exact) mass is 234 g/mol. The summed E-state index contributed by atoms with van der Waals surface area (Å²) in [6.45, 7) is 10.3. The Morgan fingerprint density at radius 3 is 3.07 bits per heavy atom. The van der Waals surface area contributed by atoms with E-state index in [1.807, 2.05) is 6.92 Å². The minimum atomic E-state index is 0.261. The Kier molecular flexibility index (Phi) is 6.57. The van der Waals surface area contributed by atoms with E-state index in [9.17, 15) is 0 Å². The van der Waals surface area contributed by atoms with Gasteiger partial charge in [-0.2, -0.15) is 0 Å². The normalized spacial score (nSPS) is 25.4. The molecule has 0 saturated carbocycles. The van der Waals surface area contributed by atoms with Crippen LogP contribution in [-0.2, 0) is 4.74 Å². The first-order chi connectivity index (χ1) is 7.22. The maximum Gasteiger partial charge on any atom is 0.0826 e. The molecule has 90 valence electrons. The van der Waals surface area contributed by atoms with Crippen LogP contribution >= 0.6 is 11.6 Å². The molecule has 0 aromatic rings. The zero-order valence-electron chi connectivity index (χ0n) is 9.84. The third-order valence-electron chi connectivity index (χ3n) is 2.76. The third kappa shape index (κ3) is 5.71. The summed E-state index contributed by atoms with van der Waals surface area (Å²) in [6.07, 6.45) is 1.37. The lowest BCUT2D eigenvalue weighted by Crippen LogP contribution is -2.46. The average Bonchev–Trinajstić information content (AvgIpc) is 2.24. The van der Waals surface area contributed by atoms with Gasteiger partial charge in [0.2, 0.25) is 0 Å². The van der Waals surface area contributed by atoms with Crippen LogP contribution in [0.1, 0.15) is 20.3 Å². The summed E-state index contributed by atoms with van der Waals surface area (Å²) in [5.41, 5.74) is 0. The van der Waals surface area contributed by atoms with E-state index < -0.39 is 0 Å². The highest BCUT2D eigenvalue weighted by Gasteiger charge is 2.18. The number of nitrogens with zero attached hydrogens (tertiary/aromatic N) is 1. The van der Waals surface area contributed by atoms with E-state index in [1.54, 1.807) is 0 Å². The van der Waals surface area contributed by atoms with Crippen LogP contribution in [0, 0.1) is 0 Å². The fraction of sp³-hybridized carbons (Fsp3) is 1.00. The second-order valence-electron chi connectivity index (χ2n) is 4.16. The smallest absolute Gasteiger partial charge is 0.0826 e. The summed E-state index contributed by atoms with van der Waals surface area (Å²) in [4.78, 5) is 2.43. The van der Waals surface area contributed by atoms with Gasteiger partial charge in [0.05, 0.1) is 12.7 Å².